The number of imidazole rings is 1. The number of pyridine rings is 1. The summed E-state index contributed by atoms with van der Waals surface area (Å²) in [7, 11) is 0. The smallest absolute Gasteiger partial charge is 0.181 e. The van der Waals surface area contributed by atoms with E-state index in [1.165, 1.54) is 11.8 Å². The highest BCUT2D eigenvalue weighted by Gasteiger charge is 2.26. The molecule has 0 amide bonds. The monoisotopic (exact) mass is 321 g/mol. The minimum absolute atomic E-state index is 0.0119. The Balaban J connectivity index is 1.76. The Morgan fingerprint density at radius 1 is 1.25 bits per heavy atom. The van der Waals surface area contributed by atoms with E-state index in [4.69, 9.17) is 4.74 Å². The van der Waals surface area contributed by atoms with E-state index in [1.807, 2.05) is 24.5 Å². The van der Waals surface area contributed by atoms with Gasteiger partial charge in [-0.25, -0.2) is 4.98 Å². The number of rotatable bonds is 4. The Morgan fingerprint density at radius 2 is 2.12 bits per heavy atom. The van der Waals surface area contributed by atoms with Crippen LogP contribution in [0.25, 0.3) is 11.3 Å². The highest BCUT2D eigenvalue weighted by molar-refractivity contribution is 5.62. The number of H-pyrrole nitrogens is 1. The summed E-state index contributed by atoms with van der Waals surface area (Å²) < 4.78 is 7.73. The van der Waals surface area contributed by atoms with Crippen LogP contribution in [0.5, 0.6) is 0 Å². The number of hydrogen-bond acceptors (Lipinski definition) is 3. The van der Waals surface area contributed by atoms with Crippen molar-refractivity contribution in [2.75, 3.05) is 13.2 Å². The molecule has 0 aliphatic carbocycles. The first-order valence-corrected chi connectivity index (χ1v) is 8.17. The first-order chi connectivity index (χ1) is 11.8. The number of benzene rings is 1. The van der Waals surface area contributed by atoms with Crippen LogP contribution in [0.1, 0.15) is 23.7 Å². The number of nitrogens with one attached hydrogen (secondary N) is 1. The predicted octanol–water partition coefficient (Wildman–Crippen LogP) is 2.79. The van der Waals surface area contributed by atoms with Gasteiger partial charge in [0, 0.05) is 42.1 Å². The van der Waals surface area contributed by atoms with Gasteiger partial charge >= 0.3 is 0 Å². The topological polar surface area (TPSA) is 59.9 Å². The van der Waals surface area contributed by atoms with Crippen LogP contribution in [-0.2, 0) is 11.3 Å². The Bertz CT molecular complexity index is 877. The summed E-state index contributed by atoms with van der Waals surface area (Å²) in [4.78, 5) is 19.4. The number of nitrogens with zero attached hydrogens (tertiary/aromatic N) is 2. The molecular weight excluding hydrogens is 302 g/mol. The fourth-order valence-electron chi connectivity index (χ4n) is 3.28. The molecule has 24 heavy (non-hydrogen) atoms. The summed E-state index contributed by atoms with van der Waals surface area (Å²) in [5.41, 5.74) is 4.19. The average Bonchev–Trinajstić information content (AvgIpc) is 3.25. The zero-order valence-electron chi connectivity index (χ0n) is 13.3. The zero-order valence-corrected chi connectivity index (χ0v) is 13.3. The largest absolute Gasteiger partial charge is 0.381 e. The van der Waals surface area contributed by atoms with Gasteiger partial charge in [-0.05, 0) is 6.42 Å². The first-order valence-electron chi connectivity index (χ1n) is 8.17. The van der Waals surface area contributed by atoms with Crippen molar-refractivity contribution < 1.29 is 4.74 Å². The second-order valence-corrected chi connectivity index (χ2v) is 6.08. The fraction of sp³-hybridized carbons (Fsp3) is 0.263. The summed E-state index contributed by atoms with van der Waals surface area (Å²) in [6, 6.07) is 13.4. The van der Waals surface area contributed by atoms with Gasteiger partial charge in [-0.3, -0.25) is 4.79 Å². The first kappa shape index (κ1) is 14.9. The molecule has 1 aromatic carbocycles. The van der Waals surface area contributed by atoms with Gasteiger partial charge in [-0.1, -0.05) is 30.3 Å². The standard InChI is InChI=1S/C19H19N3O2/c23-17-6-8-20-16(10-17)11-22-13-21-18(14-4-2-1-3-5-14)19(22)15-7-9-24-12-15/h1-6,8,10,13,15H,7,9,11-12H2,(H,20,23). The van der Waals surface area contributed by atoms with Crippen LogP contribution in [0.3, 0.4) is 0 Å². The summed E-state index contributed by atoms with van der Waals surface area (Å²) >= 11 is 0. The van der Waals surface area contributed by atoms with Crippen LogP contribution in [0, 0.1) is 0 Å². The van der Waals surface area contributed by atoms with Crippen molar-refractivity contribution in [1.29, 1.82) is 0 Å². The summed E-state index contributed by atoms with van der Waals surface area (Å²) in [6.07, 6.45) is 4.54. The second kappa shape index (κ2) is 6.45. The maximum atomic E-state index is 11.6. The third kappa shape index (κ3) is 2.90. The van der Waals surface area contributed by atoms with Crippen molar-refractivity contribution in [3.8, 4) is 11.3 Å². The molecule has 1 N–H and O–H groups in total. The maximum Gasteiger partial charge on any atom is 0.181 e. The van der Waals surface area contributed by atoms with E-state index in [1.54, 1.807) is 12.3 Å². The summed E-state index contributed by atoms with van der Waals surface area (Å²) in [6.45, 7) is 2.10. The Kier molecular flexibility index (Phi) is 4.01. The van der Waals surface area contributed by atoms with Crippen LogP contribution in [0.15, 0.2) is 59.8 Å². The van der Waals surface area contributed by atoms with Crippen molar-refractivity contribution in [1.82, 2.24) is 14.5 Å². The summed E-state index contributed by atoms with van der Waals surface area (Å²) in [5.74, 6) is 0.332. The molecular formula is C19H19N3O2. The molecule has 0 bridgehead atoms. The number of hydrogen-bond donors (Lipinski definition) is 1. The Hall–Kier alpha value is -2.66. The lowest BCUT2D eigenvalue weighted by Crippen LogP contribution is -2.12. The van der Waals surface area contributed by atoms with E-state index in [9.17, 15) is 4.79 Å². The lowest BCUT2D eigenvalue weighted by atomic mass is 9.99. The minimum atomic E-state index is 0.0119. The molecule has 5 heteroatoms. The molecule has 3 heterocycles. The highest BCUT2D eigenvalue weighted by Crippen LogP contribution is 2.33. The quantitative estimate of drug-likeness (QED) is 0.804. The SMILES string of the molecule is O=c1cc[nH]c(Cn2cnc(-c3ccccc3)c2C2CCOC2)c1. The molecule has 0 saturated carbocycles. The van der Waals surface area contributed by atoms with Gasteiger partial charge in [0.15, 0.2) is 5.43 Å². The normalized spacial score (nSPS) is 17.2. The van der Waals surface area contributed by atoms with Gasteiger partial charge in [-0.15, -0.1) is 0 Å². The highest BCUT2D eigenvalue weighted by atomic mass is 16.5. The van der Waals surface area contributed by atoms with Crippen LogP contribution < -0.4 is 5.43 Å². The van der Waals surface area contributed by atoms with E-state index in [0.29, 0.717) is 12.5 Å². The molecule has 1 fully saturated rings. The molecule has 1 atom stereocenters. The molecule has 5 nitrogen and oxygen atoms in total. The van der Waals surface area contributed by atoms with Crippen LogP contribution in [0.4, 0.5) is 0 Å². The van der Waals surface area contributed by atoms with Gasteiger partial charge in [0.05, 0.1) is 30.9 Å². The molecule has 122 valence electrons. The van der Waals surface area contributed by atoms with Gasteiger partial charge in [0.2, 0.25) is 0 Å². The lowest BCUT2D eigenvalue weighted by molar-refractivity contribution is 0.193. The summed E-state index contributed by atoms with van der Waals surface area (Å²) in [5, 5.41) is 0. The number of aromatic nitrogens is 3. The van der Waals surface area contributed by atoms with Crippen molar-refractivity contribution in [3.05, 3.63) is 76.6 Å². The van der Waals surface area contributed by atoms with Crippen molar-refractivity contribution >= 4 is 0 Å². The van der Waals surface area contributed by atoms with Crippen molar-refractivity contribution in [2.24, 2.45) is 0 Å². The fourth-order valence-corrected chi connectivity index (χ4v) is 3.28. The molecule has 1 aliphatic heterocycles. The predicted molar refractivity (Wildman–Crippen MR) is 92.0 cm³/mol. The number of aromatic amines is 1. The van der Waals surface area contributed by atoms with E-state index in [-0.39, 0.29) is 5.43 Å². The Labute approximate surface area is 139 Å². The van der Waals surface area contributed by atoms with E-state index < -0.39 is 0 Å². The van der Waals surface area contributed by atoms with Gasteiger partial charge in [-0.2, -0.15) is 0 Å². The van der Waals surface area contributed by atoms with Gasteiger partial charge in [0.25, 0.3) is 0 Å². The van der Waals surface area contributed by atoms with E-state index >= 15 is 0 Å². The van der Waals surface area contributed by atoms with Crippen LogP contribution in [0.2, 0.25) is 0 Å². The molecule has 1 saturated heterocycles. The lowest BCUT2D eigenvalue weighted by Gasteiger charge is -2.15. The molecule has 0 spiro atoms. The van der Waals surface area contributed by atoms with Crippen molar-refractivity contribution in [3.63, 3.8) is 0 Å². The molecule has 2 aromatic heterocycles. The van der Waals surface area contributed by atoms with Crippen LogP contribution in [-0.4, -0.2) is 27.7 Å². The van der Waals surface area contributed by atoms with Crippen molar-refractivity contribution in [2.45, 2.75) is 18.9 Å². The number of ether oxygens (including phenoxy) is 1. The van der Waals surface area contributed by atoms with E-state index in [0.717, 1.165) is 36.6 Å². The average molecular weight is 321 g/mol. The Morgan fingerprint density at radius 3 is 2.88 bits per heavy atom. The van der Waals surface area contributed by atoms with Crippen LogP contribution >= 0.6 is 0 Å². The maximum absolute atomic E-state index is 11.6. The molecule has 0 radical (unpaired) electrons. The molecule has 1 unspecified atom stereocenters. The third-order valence-electron chi connectivity index (χ3n) is 4.42. The minimum Gasteiger partial charge on any atom is -0.381 e. The zero-order chi connectivity index (χ0) is 16.4. The molecule has 3 aromatic rings. The molecule has 4 rings (SSSR count). The van der Waals surface area contributed by atoms with Gasteiger partial charge < -0.3 is 14.3 Å². The third-order valence-corrected chi connectivity index (χ3v) is 4.42. The van der Waals surface area contributed by atoms with Gasteiger partial charge in [0.1, 0.15) is 0 Å². The second-order valence-electron chi connectivity index (χ2n) is 6.08. The molecule has 1 aliphatic rings. The van der Waals surface area contributed by atoms with E-state index in [2.05, 4.69) is 26.7 Å².